The van der Waals surface area contributed by atoms with Gasteiger partial charge in [0.1, 0.15) is 0 Å². The predicted molar refractivity (Wildman–Crippen MR) is 48.1 cm³/mol. The summed E-state index contributed by atoms with van der Waals surface area (Å²) in [5.41, 5.74) is 0.551. The molecule has 13 heavy (non-hydrogen) atoms. The molecule has 0 fully saturated rings. The van der Waals surface area contributed by atoms with Crippen LogP contribution in [0.25, 0.3) is 6.08 Å². The number of ether oxygens (including phenoxy) is 1. The molecule has 1 rings (SSSR count). The van der Waals surface area contributed by atoms with Crippen molar-refractivity contribution in [2.24, 2.45) is 0 Å². The number of nitrogens with zero attached hydrogens (tertiary/aromatic N) is 2. The Kier molecular flexibility index (Phi) is 3.40. The molecule has 0 bridgehead atoms. The summed E-state index contributed by atoms with van der Waals surface area (Å²) in [4.78, 5) is 10.7. The Morgan fingerprint density at radius 1 is 1.54 bits per heavy atom. The van der Waals surface area contributed by atoms with Crippen molar-refractivity contribution in [2.45, 2.75) is 0 Å². The van der Waals surface area contributed by atoms with E-state index in [9.17, 15) is 4.79 Å². The van der Waals surface area contributed by atoms with E-state index in [-0.39, 0.29) is 0 Å². The number of hydrogen-bond acceptors (Lipinski definition) is 4. The molecule has 0 aliphatic heterocycles. The predicted octanol–water partition coefficient (Wildman–Crippen LogP) is 1.32. The maximum Gasteiger partial charge on any atom is 0.330 e. The van der Waals surface area contributed by atoms with Gasteiger partial charge in [-0.05, 0) is 18.2 Å². The standard InChI is InChI=1S/C8H7ClN2O2/c1-13-8(12)5-3-6-2-4-7(9)11-10-6/h2-5H,1H3. The maximum absolute atomic E-state index is 10.7. The van der Waals surface area contributed by atoms with Crippen molar-refractivity contribution >= 4 is 23.6 Å². The molecule has 1 aromatic rings. The molecule has 68 valence electrons. The highest BCUT2D eigenvalue weighted by Gasteiger charge is 1.93. The maximum atomic E-state index is 10.7. The lowest BCUT2D eigenvalue weighted by Crippen LogP contribution is -1.94. The van der Waals surface area contributed by atoms with Gasteiger partial charge < -0.3 is 4.74 Å². The third-order valence-electron chi connectivity index (χ3n) is 1.24. The Balaban J connectivity index is 2.69. The number of aromatic nitrogens is 2. The second-order valence-corrected chi connectivity index (χ2v) is 2.52. The first-order valence-corrected chi connectivity index (χ1v) is 3.85. The molecule has 0 atom stereocenters. The van der Waals surface area contributed by atoms with Crippen LogP contribution in [0.3, 0.4) is 0 Å². The zero-order chi connectivity index (χ0) is 9.68. The molecule has 0 aromatic carbocycles. The fourth-order valence-corrected chi connectivity index (χ4v) is 0.737. The summed E-state index contributed by atoms with van der Waals surface area (Å²) >= 11 is 5.51. The van der Waals surface area contributed by atoms with E-state index in [0.717, 1.165) is 0 Å². The molecular formula is C8H7ClN2O2. The van der Waals surface area contributed by atoms with E-state index in [1.165, 1.54) is 19.3 Å². The third-order valence-corrected chi connectivity index (χ3v) is 1.45. The molecule has 0 saturated carbocycles. The first kappa shape index (κ1) is 9.67. The highest BCUT2D eigenvalue weighted by atomic mass is 35.5. The van der Waals surface area contributed by atoms with Crippen LogP contribution < -0.4 is 0 Å². The zero-order valence-corrected chi connectivity index (χ0v) is 7.65. The van der Waals surface area contributed by atoms with Gasteiger partial charge in [-0.3, -0.25) is 0 Å². The molecular weight excluding hydrogens is 192 g/mol. The van der Waals surface area contributed by atoms with Crippen LogP contribution in [0.4, 0.5) is 0 Å². The van der Waals surface area contributed by atoms with Crippen molar-refractivity contribution in [1.82, 2.24) is 10.2 Å². The highest BCUT2D eigenvalue weighted by molar-refractivity contribution is 6.29. The van der Waals surface area contributed by atoms with Crippen LogP contribution in [0.5, 0.6) is 0 Å². The van der Waals surface area contributed by atoms with Crippen molar-refractivity contribution in [3.05, 3.63) is 29.1 Å². The van der Waals surface area contributed by atoms with E-state index in [1.807, 2.05) is 0 Å². The summed E-state index contributed by atoms with van der Waals surface area (Å²) in [6.45, 7) is 0. The number of methoxy groups -OCH3 is 1. The molecule has 0 unspecified atom stereocenters. The number of halogens is 1. The monoisotopic (exact) mass is 198 g/mol. The molecule has 0 N–H and O–H groups in total. The molecule has 0 aliphatic rings. The van der Waals surface area contributed by atoms with E-state index in [2.05, 4.69) is 14.9 Å². The molecule has 0 saturated heterocycles. The Morgan fingerprint density at radius 2 is 2.31 bits per heavy atom. The second kappa shape index (κ2) is 4.57. The number of carbonyl (C=O) groups is 1. The first-order valence-electron chi connectivity index (χ1n) is 3.47. The minimum Gasteiger partial charge on any atom is -0.466 e. The number of esters is 1. The Bertz CT molecular complexity index is 321. The van der Waals surface area contributed by atoms with Gasteiger partial charge in [0.05, 0.1) is 12.8 Å². The zero-order valence-electron chi connectivity index (χ0n) is 6.90. The fourth-order valence-electron chi connectivity index (χ4n) is 0.637. The summed E-state index contributed by atoms with van der Waals surface area (Å²) in [5.74, 6) is -0.434. The van der Waals surface area contributed by atoms with Crippen LogP contribution in [0.2, 0.25) is 5.15 Å². The Labute approximate surface area is 80.2 Å². The van der Waals surface area contributed by atoms with Crippen LogP contribution in [-0.2, 0) is 9.53 Å². The summed E-state index contributed by atoms with van der Waals surface area (Å²) in [6, 6.07) is 3.24. The summed E-state index contributed by atoms with van der Waals surface area (Å²) < 4.78 is 4.40. The third kappa shape index (κ3) is 3.21. The lowest BCUT2D eigenvalue weighted by molar-refractivity contribution is -0.134. The summed E-state index contributed by atoms with van der Waals surface area (Å²) in [5, 5.41) is 7.62. The van der Waals surface area contributed by atoms with Crippen LogP contribution in [0.15, 0.2) is 18.2 Å². The molecule has 0 radical (unpaired) electrons. The smallest absolute Gasteiger partial charge is 0.330 e. The van der Waals surface area contributed by atoms with Crippen LogP contribution in [-0.4, -0.2) is 23.3 Å². The van der Waals surface area contributed by atoms with Gasteiger partial charge in [0.25, 0.3) is 0 Å². The van der Waals surface area contributed by atoms with Crippen molar-refractivity contribution < 1.29 is 9.53 Å². The van der Waals surface area contributed by atoms with Gasteiger partial charge in [0.15, 0.2) is 5.15 Å². The Hall–Kier alpha value is -1.42. The normalized spacial score (nSPS) is 10.3. The minimum atomic E-state index is -0.434. The van der Waals surface area contributed by atoms with Gasteiger partial charge in [-0.1, -0.05) is 11.6 Å². The van der Waals surface area contributed by atoms with Crippen molar-refractivity contribution in [1.29, 1.82) is 0 Å². The molecule has 1 heterocycles. The van der Waals surface area contributed by atoms with Gasteiger partial charge in [-0.2, -0.15) is 0 Å². The van der Waals surface area contributed by atoms with Gasteiger partial charge in [-0.15, -0.1) is 10.2 Å². The number of rotatable bonds is 2. The number of carbonyl (C=O) groups excluding carboxylic acids is 1. The van der Waals surface area contributed by atoms with E-state index >= 15 is 0 Å². The van der Waals surface area contributed by atoms with Crippen LogP contribution >= 0.6 is 11.6 Å². The minimum absolute atomic E-state index is 0.315. The van der Waals surface area contributed by atoms with E-state index in [0.29, 0.717) is 10.8 Å². The van der Waals surface area contributed by atoms with E-state index in [4.69, 9.17) is 11.6 Å². The van der Waals surface area contributed by atoms with Gasteiger partial charge in [0.2, 0.25) is 0 Å². The molecule has 0 spiro atoms. The van der Waals surface area contributed by atoms with Gasteiger partial charge in [0, 0.05) is 6.08 Å². The average molecular weight is 199 g/mol. The van der Waals surface area contributed by atoms with Crippen molar-refractivity contribution in [2.75, 3.05) is 7.11 Å². The molecule has 0 amide bonds. The van der Waals surface area contributed by atoms with Crippen molar-refractivity contribution in [3.63, 3.8) is 0 Å². The largest absolute Gasteiger partial charge is 0.466 e. The lowest BCUT2D eigenvalue weighted by Gasteiger charge is -1.91. The Morgan fingerprint density at radius 3 is 2.85 bits per heavy atom. The highest BCUT2D eigenvalue weighted by Crippen LogP contribution is 2.03. The molecule has 5 heteroatoms. The molecule has 1 aromatic heterocycles. The van der Waals surface area contributed by atoms with Crippen molar-refractivity contribution in [3.8, 4) is 0 Å². The van der Waals surface area contributed by atoms with Gasteiger partial charge in [-0.25, -0.2) is 4.79 Å². The SMILES string of the molecule is COC(=O)C=Cc1ccc(Cl)nn1. The van der Waals surface area contributed by atoms with Gasteiger partial charge >= 0.3 is 5.97 Å². The average Bonchev–Trinajstić information content (AvgIpc) is 2.16. The van der Waals surface area contributed by atoms with E-state index in [1.54, 1.807) is 12.1 Å². The summed E-state index contributed by atoms with van der Waals surface area (Å²) in [6.07, 6.45) is 2.76. The lowest BCUT2D eigenvalue weighted by atomic mass is 10.3. The van der Waals surface area contributed by atoms with Crippen LogP contribution in [0, 0.1) is 0 Å². The van der Waals surface area contributed by atoms with E-state index < -0.39 is 5.97 Å². The topological polar surface area (TPSA) is 52.1 Å². The number of hydrogen-bond donors (Lipinski definition) is 0. The summed E-state index contributed by atoms with van der Waals surface area (Å²) in [7, 11) is 1.31. The fraction of sp³-hybridized carbons (Fsp3) is 0.125. The quantitative estimate of drug-likeness (QED) is 0.531. The molecule has 0 aliphatic carbocycles. The second-order valence-electron chi connectivity index (χ2n) is 2.14. The van der Waals surface area contributed by atoms with Crippen LogP contribution in [0.1, 0.15) is 5.69 Å². The molecule has 4 nitrogen and oxygen atoms in total. The first-order chi connectivity index (χ1) is 6.22.